The van der Waals surface area contributed by atoms with Crippen LogP contribution in [0, 0.1) is 0 Å². The Hall–Kier alpha value is -1.43. The van der Waals surface area contributed by atoms with Gasteiger partial charge < -0.3 is 19.7 Å². The third-order valence-electron chi connectivity index (χ3n) is 3.36. The Bertz CT molecular complexity index is 543. The first-order valence-corrected chi connectivity index (χ1v) is 8.16. The number of hydrogen-bond donors (Lipinski definition) is 1. The van der Waals surface area contributed by atoms with Crippen LogP contribution in [0.1, 0.15) is 27.2 Å². The SMILES string of the molecule is COc1cc(NC2CCN(C(=O)OC(C)(C)C)C2)ccc1Br. The number of nitrogens with zero attached hydrogens (tertiary/aromatic N) is 1. The zero-order valence-electron chi connectivity index (χ0n) is 13.5. The van der Waals surface area contributed by atoms with E-state index in [1.165, 1.54) is 0 Å². The van der Waals surface area contributed by atoms with Gasteiger partial charge >= 0.3 is 6.09 Å². The maximum absolute atomic E-state index is 12.1. The Morgan fingerprint density at radius 3 is 2.77 bits per heavy atom. The number of likely N-dealkylation sites (tertiary alicyclic amines) is 1. The Morgan fingerprint density at radius 1 is 1.41 bits per heavy atom. The Kier molecular flexibility index (Phi) is 5.21. The van der Waals surface area contributed by atoms with E-state index in [1.54, 1.807) is 12.0 Å². The molecule has 1 amide bonds. The second kappa shape index (κ2) is 6.77. The van der Waals surface area contributed by atoms with Crippen LogP contribution in [0.5, 0.6) is 5.75 Å². The van der Waals surface area contributed by atoms with Crippen LogP contribution >= 0.6 is 15.9 Å². The normalized spacial score (nSPS) is 18.2. The number of anilines is 1. The molecule has 1 aliphatic rings. The summed E-state index contributed by atoms with van der Waals surface area (Å²) in [5, 5.41) is 3.44. The van der Waals surface area contributed by atoms with Gasteiger partial charge in [0.1, 0.15) is 11.4 Å². The van der Waals surface area contributed by atoms with Gasteiger partial charge in [-0.05, 0) is 55.3 Å². The Morgan fingerprint density at radius 2 is 2.14 bits per heavy atom. The van der Waals surface area contributed by atoms with Crippen molar-refractivity contribution in [1.82, 2.24) is 4.90 Å². The predicted molar refractivity (Wildman–Crippen MR) is 90.5 cm³/mol. The molecule has 22 heavy (non-hydrogen) atoms. The third-order valence-corrected chi connectivity index (χ3v) is 4.02. The van der Waals surface area contributed by atoms with E-state index in [2.05, 4.69) is 21.2 Å². The summed E-state index contributed by atoms with van der Waals surface area (Å²) < 4.78 is 11.6. The molecule has 122 valence electrons. The lowest BCUT2D eigenvalue weighted by Crippen LogP contribution is -2.36. The number of methoxy groups -OCH3 is 1. The van der Waals surface area contributed by atoms with Crippen molar-refractivity contribution < 1.29 is 14.3 Å². The molecule has 0 bridgehead atoms. The number of halogens is 1. The summed E-state index contributed by atoms with van der Waals surface area (Å²) in [6.07, 6.45) is 0.655. The first kappa shape index (κ1) is 16.9. The number of rotatable bonds is 3. The third kappa shape index (κ3) is 4.53. The van der Waals surface area contributed by atoms with E-state index in [1.807, 2.05) is 39.0 Å². The van der Waals surface area contributed by atoms with Crippen molar-refractivity contribution in [1.29, 1.82) is 0 Å². The number of benzene rings is 1. The van der Waals surface area contributed by atoms with Crippen LogP contribution in [0.4, 0.5) is 10.5 Å². The molecule has 1 aromatic rings. The lowest BCUT2D eigenvalue weighted by atomic mass is 10.2. The molecule has 0 aromatic heterocycles. The summed E-state index contributed by atoms with van der Waals surface area (Å²) >= 11 is 3.44. The van der Waals surface area contributed by atoms with Gasteiger partial charge in [0, 0.05) is 30.9 Å². The minimum atomic E-state index is -0.457. The second-order valence-corrected chi connectivity index (χ2v) is 7.26. The molecule has 5 nitrogen and oxygen atoms in total. The molecule has 1 fully saturated rings. The van der Waals surface area contributed by atoms with E-state index in [9.17, 15) is 4.79 Å². The molecular weight excluding hydrogens is 348 g/mol. The highest BCUT2D eigenvalue weighted by molar-refractivity contribution is 9.10. The molecule has 1 saturated heterocycles. The van der Waals surface area contributed by atoms with Crippen LogP contribution in [0.3, 0.4) is 0 Å². The summed E-state index contributed by atoms with van der Waals surface area (Å²) in [7, 11) is 1.64. The van der Waals surface area contributed by atoms with Crippen molar-refractivity contribution in [2.24, 2.45) is 0 Å². The minimum absolute atomic E-state index is 0.221. The second-order valence-electron chi connectivity index (χ2n) is 6.41. The largest absolute Gasteiger partial charge is 0.495 e. The average Bonchev–Trinajstić information content (AvgIpc) is 2.87. The fourth-order valence-corrected chi connectivity index (χ4v) is 2.76. The molecule has 1 unspecified atom stereocenters. The topological polar surface area (TPSA) is 50.8 Å². The zero-order chi connectivity index (χ0) is 16.3. The highest BCUT2D eigenvalue weighted by atomic mass is 79.9. The Balaban J connectivity index is 1.92. The molecule has 0 spiro atoms. The smallest absolute Gasteiger partial charge is 0.410 e. The van der Waals surface area contributed by atoms with Gasteiger partial charge in [0.2, 0.25) is 0 Å². The van der Waals surface area contributed by atoms with E-state index in [0.717, 1.165) is 22.3 Å². The van der Waals surface area contributed by atoms with Crippen LogP contribution in [-0.2, 0) is 4.74 Å². The fraction of sp³-hybridized carbons (Fsp3) is 0.562. The minimum Gasteiger partial charge on any atom is -0.495 e. The predicted octanol–water partition coefficient (Wildman–Crippen LogP) is 3.88. The summed E-state index contributed by atoms with van der Waals surface area (Å²) in [5.74, 6) is 0.784. The molecule has 1 heterocycles. The van der Waals surface area contributed by atoms with Gasteiger partial charge in [0.15, 0.2) is 0 Å². The van der Waals surface area contributed by atoms with Crippen molar-refractivity contribution in [2.45, 2.75) is 38.8 Å². The standard InChI is InChI=1S/C16H23BrN2O3/c1-16(2,3)22-15(20)19-8-7-12(10-19)18-11-5-6-13(17)14(9-11)21-4/h5-6,9,12,18H,7-8,10H2,1-4H3. The van der Waals surface area contributed by atoms with Crippen molar-refractivity contribution in [2.75, 3.05) is 25.5 Å². The van der Waals surface area contributed by atoms with Gasteiger partial charge in [-0.2, -0.15) is 0 Å². The maximum Gasteiger partial charge on any atom is 0.410 e. The van der Waals surface area contributed by atoms with Crippen molar-refractivity contribution in [3.63, 3.8) is 0 Å². The van der Waals surface area contributed by atoms with E-state index in [4.69, 9.17) is 9.47 Å². The van der Waals surface area contributed by atoms with Crippen LogP contribution in [0.2, 0.25) is 0 Å². The van der Waals surface area contributed by atoms with Crippen LogP contribution in [-0.4, -0.2) is 42.8 Å². The molecule has 1 aromatic carbocycles. The summed E-state index contributed by atoms with van der Waals surface area (Å²) in [5.41, 5.74) is 0.526. The molecule has 1 aliphatic heterocycles. The molecule has 6 heteroatoms. The molecular formula is C16H23BrN2O3. The zero-order valence-corrected chi connectivity index (χ0v) is 15.1. The number of carbonyl (C=O) groups excluding carboxylic acids is 1. The number of amides is 1. The van der Waals surface area contributed by atoms with E-state index < -0.39 is 5.60 Å². The molecule has 0 saturated carbocycles. The van der Waals surface area contributed by atoms with E-state index in [0.29, 0.717) is 13.1 Å². The highest BCUT2D eigenvalue weighted by Gasteiger charge is 2.29. The number of ether oxygens (including phenoxy) is 2. The summed E-state index contributed by atoms with van der Waals surface area (Å²) in [4.78, 5) is 13.8. The molecule has 2 rings (SSSR count). The lowest BCUT2D eigenvalue weighted by Gasteiger charge is -2.24. The van der Waals surface area contributed by atoms with E-state index >= 15 is 0 Å². The molecule has 0 aliphatic carbocycles. The number of hydrogen-bond acceptors (Lipinski definition) is 4. The average molecular weight is 371 g/mol. The van der Waals surface area contributed by atoms with Gasteiger partial charge in [-0.3, -0.25) is 0 Å². The van der Waals surface area contributed by atoms with Gasteiger partial charge in [0.25, 0.3) is 0 Å². The molecule has 1 N–H and O–H groups in total. The van der Waals surface area contributed by atoms with Crippen molar-refractivity contribution in [3.8, 4) is 5.75 Å². The van der Waals surface area contributed by atoms with Gasteiger partial charge in [-0.15, -0.1) is 0 Å². The molecule has 1 atom stereocenters. The monoisotopic (exact) mass is 370 g/mol. The first-order valence-electron chi connectivity index (χ1n) is 7.36. The van der Waals surface area contributed by atoms with Crippen LogP contribution < -0.4 is 10.1 Å². The number of carbonyl (C=O) groups is 1. The quantitative estimate of drug-likeness (QED) is 0.876. The van der Waals surface area contributed by atoms with Crippen molar-refractivity contribution >= 4 is 27.7 Å². The lowest BCUT2D eigenvalue weighted by molar-refractivity contribution is 0.0293. The van der Waals surface area contributed by atoms with Gasteiger partial charge in [-0.1, -0.05) is 0 Å². The first-order chi connectivity index (χ1) is 10.3. The van der Waals surface area contributed by atoms with Crippen LogP contribution in [0.15, 0.2) is 22.7 Å². The van der Waals surface area contributed by atoms with Gasteiger partial charge in [0.05, 0.1) is 11.6 Å². The molecule has 0 radical (unpaired) electrons. The van der Waals surface area contributed by atoms with E-state index in [-0.39, 0.29) is 12.1 Å². The summed E-state index contributed by atoms with van der Waals surface area (Å²) in [6, 6.07) is 6.10. The van der Waals surface area contributed by atoms with Gasteiger partial charge in [-0.25, -0.2) is 4.79 Å². The van der Waals surface area contributed by atoms with Crippen LogP contribution in [0.25, 0.3) is 0 Å². The van der Waals surface area contributed by atoms with Crippen molar-refractivity contribution in [3.05, 3.63) is 22.7 Å². The fourth-order valence-electron chi connectivity index (χ4n) is 2.36. The summed E-state index contributed by atoms with van der Waals surface area (Å²) in [6.45, 7) is 6.99. The Labute approximate surface area is 140 Å². The highest BCUT2D eigenvalue weighted by Crippen LogP contribution is 2.29. The maximum atomic E-state index is 12.1. The number of nitrogens with one attached hydrogen (secondary N) is 1.